The molecule has 4 rings (SSSR count). The number of likely N-dealkylation sites (tertiary alicyclic amines) is 1. The lowest BCUT2D eigenvalue weighted by atomic mass is 10.1. The summed E-state index contributed by atoms with van der Waals surface area (Å²) in [6.45, 7) is 3.91. The fraction of sp³-hybridized carbons (Fsp3) is 0.429. The molecule has 0 amide bonds. The second-order valence-corrected chi connectivity index (χ2v) is 7.26. The Bertz CT molecular complexity index is 967. The zero-order valence-electron chi connectivity index (χ0n) is 16.4. The van der Waals surface area contributed by atoms with Crippen LogP contribution in [0.2, 0.25) is 0 Å². The van der Waals surface area contributed by atoms with Crippen LogP contribution in [-0.4, -0.2) is 52.1 Å². The fourth-order valence-corrected chi connectivity index (χ4v) is 3.61. The van der Waals surface area contributed by atoms with Gasteiger partial charge in [0.05, 0.1) is 18.5 Å². The third-order valence-corrected chi connectivity index (χ3v) is 5.04. The normalized spacial score (nSPS) is 15.4. The van der Waals surface area contributed by atoms with Crippen molar-refractivity contribution in [3.05, 3.63) is 42.6 Å². The van der Waals surface area contributed by atoms with Crippen molar-refractivity contribution in [1.82, 2.24) is 19.5 Å². The van der Waals surface area contributed by atoms with Crippen LogP contribution < -0.4 is 9.47 Å². The summed E-state index contributed by atoms with van der Waals surface area (Å²) in [5.41, 5.74) is 1.95. The molecule has 0 aliphatic carbocycles. The highest BCUT2D eigenvalue weighted by Gasteiger charge is 2.31. The molecule has 0 N–H and O–H groups in total. The minimum absolute atomic E-state index is 0.272. The van der Waals surface area contributed by atoms with Crippen molar-refractivity contribution < 1.29 is 22.6 Å². The minimum Gasteiger partial charge on any atom is -0.477 e. The van der Waals surface area contributed by atoms with Crippen molar-refractivity contribution in [1.29, 1.82) is 0 Å². The number of alkyl halides is 3. The second kappa shape index (κ2) is 8.91. The van der Waals surface area contributed by atoms with E-state index in [1.165, 1.54) is 31.4 Å². The van der Waals surface area contributed by atoms with E-state index in [1.54, 1.807) is 35.0 Å². The molecule has 30 heavy (non-hydrogen) atoms. The number of imidazole rings is 1. The van der Waals surface area contributed by atoms with E-state index in [1.807, 2.05) is 0 Å². The van der Waals surface area contributed by atoms with Gasteiger partial charge in [-0.15, -0.1) is 18.3 Å². The average Bonchev–Trinajstić information content (AvgIpc) is 3.15. The maximum Gasteiger partial charge on any atom is 0.573 e. The van der Waals surface area contributed by atoms with Crippen LogP contribution in [0.5, 0.6) is 11.6 Å². The molecule has 3 aromatic rings. The molecule has 1 fully saturated rings. The molecule has 0 unspecified atom stereocenters. The molecule has 0 spiro atoms. The summed E-state index contributed by atoms with van der Waals surface area (Å²) >= 11 is 0. The van der Waals surface area contributed by atoms with Gasteiger partial charge in [-0.3, -0.25) is 0 Å². The van der Waals surface area contributed by atoms with Gasteiger partial charge < -0.3 is 14.4 Å². The molecule has 160 valence electrons. The van der Waals surface area contributed by atoms with E-state index in [-0.39, 0.29) is 5.75 Å². The molecule has 2 aromatic heterocycles. The van der Waals surface area contributed by atoms with E-state index < -0.39 is 6.36 Å². The highest BCUT2D eigenvalue weighted by molar-refractivity contribution is 5.63. The van der Waals surface area contributed by atoms with Gasteiger partial charge in [0, 0.05) is 18.2 Å². The Labute approximate surface area is 172 Å². The Morgan fingerprint density at radius 2 is 1.73 bits per heavy atom. The van der Waals surface area contributed by atoms with Crippen LogP contribution in [0.15, 0.2) is 42.6 Å². The van der Waals surface area contributed by atoms with E-state index >= 15 is 0 Å². The van der Waals surface area contributed by atoms with Crippen molar-refractivity contribution in [2.45, 2.75) is 32.0 Å². The predicted molar refractivity (Wildman–Crippen MR) is 106 cm³/mol. The molecule has 0 atom stereocenters. The number of rotatable bonds is 7. The number of nitrogens with zero attached hydrogens (tertiary/aromatic N) is 4. The quantitative estimate of drug-likeness (QED) is 0.525. The van der Waals surface area contributed by atoms with Gasteiger partial charge in [-0.05, 0) is 62.7 Å². The largest absolute Gasteiger partial charge is 0.573 e. The summed E-state index contributed by atoms with van der Waals surface area (Å²) in [5.74, 6) is 0.211. The molecule has 6 nitrogen and oxygen atoms in total. The van der Waals surface area contributed by atoms with Crippen LogP contribution in [0.1, 0.15) is 25.7 Å². The standard InChI is InChI=1S/C21H23F3N4O2/c22-21(23,24)30-17-7-5-16(6-8-17)18-15-25-19-9-10-20(26-28(18)19)29-14-4-13-27-11-2-1-3-12-27/h5-10,15H,1-4,11-14H2. The molecule has 9 heteroatoms. The zero-order valence-corrected chi connectivity index (χ0v) is 16.4. The van der Waals surface area contributed by atoms with Crippen molar-refractivity contribution in [2.75, 3.05) is 26.2 Å². The Hall–Kier alpha value is -2.81. The number of halogens is 3. The lowest BCUT2D eigenvalue weighted by molar-refractivity contribution is -0.274. The number of fused-ring (bicyclic) bond motifs is 1. The van der Waals surface area contributed by atoms with Crippen molar-refractivity contribution >= 4 is 5.65 Å². The monoisotopic (exact) mass is 420 g/mol. The molecular formula is C21H23F3N4O2. The Morgan fingerprint density at radius 3 is 2.47 bits per heavy atom. The van der Waals surface area contributed by atoms with E-state index in [0.29, 0.717) is 29.4 Å². The van der Waals surface area contributed by atoms with Crippen LogP contribution in [0.4, 0.5) is 13.2 Å². The Kier molecular flexibility index (Phi) is 6.08. The van der Waals surface area contributed by atoms with Crippen LogP contribution in [0.25, 0.3) is 16.9 Å². The highest BCUT2D eigenvalue weighted by Crippen LogP contribution is 2.27. The fourth-order valence-electron chi connectivity index (χ4n) is 3.61. The SMILES string of the molecule is FC(F)(F)Oc1ccc(-c2cnc3ccc(OCCCN4CCCCC4)nn23)cc1. The van der Waals surface area contributed by atoms with Gasteiger partial charge in [0.2, 0.25) is 5.88 Å². The van der Waals surface area contributed by atoms with Gasteiger partial charge in [0.15, 0.2) is 5.65 Å². The van der Waals surface area contributed by atoms with Crippen molar-refractivity contribution in [3.63, 3.8) is 0 Å². The second-order valence-electron chi connectivity index (χ2n) is 7.26. The molecule has 3 heterocycles. The highest BCUT2D eigenvalue weighted by atomic mass is 19.4. The molecule has 0 bridgehead atoms. The maximum absolute atomic E-state index is 12.3. The summed E-state index contributed by atoms with van der Waals surface area (Å²) in [4.78, 5) is 6.76. The number of piperidine rings is 1. The van der Waals surface area contributed by atoms with Crippen molar-refractivity contribution in [2.24, 2.45) is 0 Å². The van der Waals surface area contributed by atoms with Gasteiger partial charge in [-0.1, -0.05) is 6.42 Å². The number of ether oxygens (including phenoxy) is 2. The van der Waals surface area contributed by atoms with Crippen LogP contribution in [0, 0.1) is 0 Å². The number of benzene rings is 1. The van der Waals surface area contributed by atoms with Gasteiger partial charge in [-0.25, -0.2) is 9.50 Å². The molecule has 0 saturated carbocycles. The summed E-state index contributed by atoms with van der Waals surface area (Å²) < 4.78 is 48.4. The molecule has 1 aliphatic rings. The molecular weight excluding hydrogens is 397 g/mol. The van der Waals surface area contributed by atoms with Crippen LogP contribution in [-0.2, 0) is 0 Å². The topological polar surface area (TPSA) is 51.9 Å². The number of hydrogen-bond acceptors (Lipinski definition) is 5. The van der Waals surface area contributed by atoms with E-state index in [4.69, 9.17) is 4.74 Å². The third kappa shape index (κ3) is 5.21. The van der Waals surface area contributed by atoms with E-state index in [0.717, 1.165) is 26.1 Å². The first kappa shape index (κ1) is 20.5. The first-order valence-electron chi connectivity index (χ1n) is 10.0. The smallest absolute Gasteiger partial charge is 0.477 e. The summed E-state index contributed by atoms with van der Waals surface area (Å²) in [7, 11) is 0. The predicted octanol–water partition coefficient (Wildman–Crippen LogP) is 4.55. The van der Waals surface area contributed by atoms with E-state index in [9.17, 15) is 13.2 Å². The van der Waals surface area contributed by atoms with Crippen LogP contribution >= 0.6 is 0 Å². The van der Waals surface area contributed by atoms with Gasteiger partial charge in [-0.2, -0.15) is 0 Å². The lowest BCUT2D eigenvalue weighted by Crippen LogP contribution is -2.31. The zero-order chi connectivity index (χ0) is 21.0. The molecule has 0 radical (unpaired) electrons. The summed E-state index contributed by atoms with van der Waals surface area (Å²) in [6, 6.07) is 9.19. The summed E-state index contributed by atoms with van der Waals surface area (Å²) in [5, 5.41) is 4.48. The lowest BCUT2D eigenvalue weighted by Gasteiger charge is -2.26. The van der Waals surface area contributed by atoms with E-state index in [2.05, 4.69) is 19.7 Å². The minimum atomic E-state index is -4.72. The van der Waals surface area contributed by atoms with Crippen molar-refractivity contribution in [3.8, 4) is 22.9 Å². The molecule has 1 aromatic carbocycles. The average molecular weight is 420 g/mol. The maximum atomic E-state index is 12.3. The molecule has 1 saturated heterocycles. The molecule has 1 aliphatic heterocycles. The Morgan fingerprint density at radius 1 is 0.967 bits per heavy atom. The Balaban J connectivity index is 1.41. The summed E-state index contributed by atoms with van der Waals surface area (Å²) in [6.07, 6.45) is 1.70. The van der Waals surface area contributed by atoms with Gasteiger partial charge in [0.1, 0.15) is 5.75 Å². The number of aromatic nitrogens is 3. The third-order valence-electron chi connectivity index (χ3n) is 5.04. The van der Waals surface area contributed by atoms with Crippen LogP contribution in [0.3, 0.4) is 0 Å². The first-order chi connectivity index (χ1) is 14.5. The van der Waals surface area contributed by atoms with Gasteiger partial charge >= 0.3 is 6.36 Å². The van der Waals surface area contributed by atoms with Gasteiger partial charge in [0.25, 0.3) is 0 Å². The number of hydrogen-bond donors (Lipinski definition) is 0. The first-order valence-corrected chi connectivity index (χ1v) is 10.0.